The highest BCUT2D eigenvalue weighted by Gasteiger charge is 2.32. The molecule has 0 aromatic heterocycles. The van der Waals surface area contributed by atoms with Crippen LogP contribution in [0.5, 0.6) is 0 Å². The number of nitrogens with one attached hydrogen (secondary N) is 2. The molecule has 0 radical (unpaired) electrons. The van der Waals surface area contributed by atoms with Crippen molar-refractivity contribution in [3.63, 3.8) is 0 Å². The summed E-state index contributed by atoms with van der Waals surface area (Å²) in [6.07, 6.45) is 3.98. The number of hydrogen-bond donors (Lipinski definition) is 2. The zero-order valence-electron chi connectivity index (χ0n) is 15.8. The molecular formula is C21H34N2O. The minimum absolute atomic E-state index is 0.0658. The molecule has 1 aromatic rings. The Morgan fingerprint density at radius 1 is 1.25 bits per heavy atom. The monoisotopic (exact) mass is 330 g/mol. The van der Waals surface area contributed by atoms with Crippen molar-refractivity contribution in [1.29, 1.82) is 0 Å². The molecule has 2 N–H and O–H groups in total. The molecule has 2 atom stereocenters. The Labute approximate surface area is 147 Å². The molecule has 0 saturated carbocycles. The van der Waals surface area contributed by atoms with Crippen LogP contribution in [0.2, 0.25) is 0 Å². The molecule has 1 heterocycles. The van der Waals surface area contributed by atoms with E-state index in [2.05, 4.69) is 62.6 Å². The third kappa shape index (κ3) is 4.83. The fourth-order valence-electron chi connectivity index (χ4n) is 3.99. The van der Waals surface area contributed by atoms with Gasteiger partial charge >= 0.3 is 0 Å². The van der Waals surface area contributed by atoms with Gasteiger partial charge in [0, 0.05) is 17.9 Å². The summed E-state index contributed by atoms with van der Waals surface area (Å²) in [4.78, 5) is 12.6. The fourth-order valence-corrected chi connectivity index (χ4v) is 3.99. The molecule has 1 amide bonds. The average molecular weight is 331 g/mol. The van der Waals surface area contributed by atoms with Crippen LogP contribution in [0.25, 0.3) is 0 Å². The zero-order chi connectivity index (χ0) is 17.6. The smallest absolute Gasteiger partial charge is 0.220 e. The first-order chi connectivity index (χ1) is 11.4. The Hall–Kier alpha value is -1.35. The van der Waals surface area contributed by atoms with E-state index in [-0.39, 0.29) is 17.4 Å². The average Bonchev–Trinajstić information content (AvgIpc) is 2.61. The summed E-state index contributed by atoms with van der Waals surface area (Å²) in [6, 6.07) is 10.7. The Morgan fingerprint density at radius 2 is 1.88 bits per heavy atom. The van der Waals surface area contributed by atoms with E-state index in [1.807, 2.05) is 6.07 Å². The van der Waals surface area contributed by atoms with E-state index in [0.29, 0.717) is 18.3 Å². The van der Waals surface area contributed by atoms with Gasteiger partial charge in [0.05, 0.1) is 0 Å². The summed E-state index contributed by atoms with van der Waals surface area (Å²) in [5, 5.41) is 6.72. The normalized spacial score (nSPS) is 18.8. The van der Waals surface area contributed by atoms with Crippen LogP contribution in [-0.2, 0) is 10.2 Å². The molecule has 1 fully saturated rings. The Bertz CT molecular complexity index is 506. The van der Waals surface area contributed by atoms with E-state index in [4.69, 9.17) is 0 Å². The van der Waals surface area contributed by atoms with E-state index < -0.39 is 0 Å². The second kappa shape index (κ2) is 8.66. The summed E-state index contributed by atoms with van der Waals surface area (Å²) < 4.78 is 0. The van der Waals surface area contributed by atoms with Crippen LogP contribution >= 0.6 is 0 Å². The van der Waals surface area contributed by atoms with Gasteiger partial charge in [-0.3, -0.25) is 4.79 Å². The first-order valence-corrected chi connectivity index (χ1v) is 9.50. The molecule has 0 bridgehead atoms. The number of hydrogen-bond acceptors (Lipinski definition) is 2. The Morgan fingerprint density at radius 3 is 2.46 bits per heavy atom. The molecule has 2 rings (SSSR count). The quantitative estimate of drug-likeness (QED) is 0.796. The number of benzene rings is 1. The first-order valence-electron chi connectivity index (χ1n) is 9.50. The summed E-state index contributed by atoms with van der Waals surface area (Å²) in [7, 11) is 0. The Balaban J connectivity index is 1.95. The lowest BCUT2D eigenvalue weighted by Crippen LogP contribution is -2.47. The summed E-state index contributed by atoms with van der Waals surface area (Å²) >= 11 is 0. The maximum atomic E-state index is 12.6. The van der Waals surface area contributed by atoms with Crippen molar-refractivity contribution in [2.75, 3.05) is 13.1 Å². The van der Waals surface area contributed by atoms with E-state index in [9.17, 15) is 4.79 Å². The summed E-state index contributed by atoms with van der Waals surface area (Å²) in [5.41, 5.74) is 1.22. The molecule has 0 aliphatic carbocycles. The largest absolute Gasteiger partial charge is 0.353 e. The fraction of sp³-hybridized carbons (Fsp3) is 0.667. The second-order valence-electron chi connectivity index (χ2n) is 7.88. The topological polar surface area (TPSA) is 41.1 Å². The minimum Gasteiger partial charge on any atom is -0.353 e. The van der Waals surface area contributed by atoms with E-state index in [1.165, 1.54) is 18.4 Å². The number of piperidine rings is 1. The maximum Gasteiger partial charge on any atom is 0.220 e. The van der Waals surface area contributed by atoms with Crippen LogP contribution in [0.1, 0.15) is 58.9 Å². The number of rotatable bonds is 7. The van der Waals surface area contributed by atoms with Gasteiger partial charge in [-0.2, -0.15) is 0 Å². The van der Waals surface area contributed by atoms with Crippen LogP contribution < -0.4 is 10.6 Å². The highest BCUT2D eigenvalue weighted by atomic mass is 16.1. The van der Waals surface area contributed by atoms with Crippen LogP contribution in [0.15, 0.2) is 30.3 Å². The van der Waals surface area contributed by atoms with Crippen LogP contribution in [0.4, 0.5) is 0 Å². The summed E-state index contributed by atoms with van der Waals surface area (Å²) in [6.45, 7) is 11.0. The lowest BCUT2D eigenvalue weighted by Gasteiger charge is -2.36. The lowest BCUT2D eigenvalue weighted by molar-refractivity contribution is -0.123. The van der Waals surface area contributed by atoms with Crippen molar-refractivity contribution < 1.29 is 4.79 Å². The number of carbonyl (C=O) groups is 1. The molecule has 24 heavy (non-hydrogen) atoms. The molecule has 0 spiro atoms. The van der Waals surface area contributed by atoms with Crippen molar-refractivity contribution in [3.05, 3.63) is 35.9 Å². The zero-order valence-corrected chi connectivity index (χ0v) is 15.8. The molecule has 1 aromatic carbocycles. The number of carbonyl (C=O) groups excluding carboxylic acids is 1. The van der Waals surface area contributed by atoms with Crippen molar-refractivity contribution in [2.45, 2.75) is 64.8 Å². The maximum absolute atomic E-state index is 12.6. The van der Waals surface area contributed by atoms with Crippen molar-refractivity contribution in [1.82, 2.24) is 10.6 Å². The number of amides is 1. The lowest BCUT2D eigenvalue weighted by atomic mass is 9.76. The highest BCUT2D eigenvalue weighted by molar-refractivity contribution is 5.76. The van der Waals surface area contributed by atoms with Crippen molar-refractivity contribution >= 4 is 5.91 Å². The molecule has 1 aliphatic rings. The predicted octanol–water partition coefficient (Wildman–Crippen LogP) is 3.88. The standard InChI is InChI=1S/C21H34N2O/c1-5-19(21(3,4)18-9-7-6-8-10-18)23-20(24)15-16(2)17-11-13-22-14-12-17/h6-10,16-17,19,22H,5,11-15H2,1-4H3,(H,23,24). The van der Waals surface area contributed by atoms with E-state index in [0.717, 1.165) is 19.5 Å². The molecule has 3 heteroatoms. The van der Waals surface area contributed by atoms with Gasteiger partial charge in [0.2, 0.25) is 5.91 Å². The van der Waals surface area contributed by atoms with Gasteiger partial charge < -0.3 is 10.6 Å². The molecule has 2 unspecified atom stereocenters. The molecule has 1 aliphatic heterocycles. The van der Waals surface area contributed by atoms with Gasteiger partial charge in [0.1, 0.15) is 0 Å². The van der Waals surface area contributed by atoms with Gasteiger partial charge in [0.15, 0.2) is 0 Å². The van der Waals surface area contributed by atoms with Gasteiger partial charge in [-0.1, -0.05) is 58.0 Å². The van der Waals surface area contributed by atoms with Crippen LogP contribution in [0, 0.1) is 11.8 Å². The molecule has 3 nitrogen and oxygen atoms in total. The van der Waals surface area contributed by atoms with Crippen molar-refractivity contribution in [2.24, 2.45) is 11.8 Å². The molecule has 1 saturated heterocycles. The SMILES string of the molecule is CCC(NC(=O)CC(C)C1CCNCC1)C(C)(C)c1ccccc1. The van der Waals surface area contributed by atoms with Gasteiger partial charge in [0.25, 0.3) is 0 Å². The third-order valence-electron chi connectivity index (χ3n) is 5.83. The summed E-state index contributed by atoms with van der Waals surface area (Å²) in [5.74, 6) is 1.35. The van der Waals surface area contributed by atoms with Gasteiger partial charge in [-0.15, -0.1) is 0 Å². The van der Waals surface area contributed by atoms with E-state index >= 15 is 0 Å². The minimum atomic E-state index is -0.0658. The van der Waals surface area contributed by atoms with Crippen LogP contribution in [0.3, 0.4) is 0 Å². The first kappa shape index (κ1) is 19.0. The van der Waals surface area contributed by atoms with Gasteiger partial charge in [-0.25, -0.2) is 0 Å². The molecule has 134 valence electrons. The highest BCUT2D eigenvalue weighted by Crippen LogP contribution is 2.29. The molecular weight excluding hydrogens is 296 g/mol. The third-order valence-corrected chi connectivity index (χ3v) is 5.83. The van der Waals surface area contributed by atoms with Crippen molar-refractivity contribution in [3.8, 4) is 0 Å². The second-order valence-corrected chi connectivity index (χ2v) is 7.88. The van der Waals surface area contributed by atoms with E-state index in [1.54, 1.807) is 0 Å². The predicted molar refractivity (Wildman–Crippen MR) is 101 cm³/mol. The Kier molecular flexibility index (Phi) is 6.85. The van der Waals surface area contributed by atoms with Crippen LogP contribution in [-0.4, -0.2) is 25.0 Å². The van der Waals surface area contributed by atoms with Gasteiger partial charge in [-0.05, 0) is 49.8 Å².